The van der Waals surface area contributed by atoms with Crippen LogP contribution in [0.15, 0.2) is 16.5 Å². The van der Waals surface area contributed by atoms with Crippen LogP contribution >= 0.6 is 0 Å². The molecule has 7 heteroatoms. The van der Waals surface area contributed by atoms with Crippen molar-refractivity contribution in [2.24, 2.45) is 46.3 Å². The van der Waals surface area contributed by atoms with E-state index in [0.717, 1.165) is 32.1 Å². The topological polar surface area (TPSA) is 109 Å². The van der Waals surface area contributed by atoms with Crippen molar-refractivity contribution in [3.8, 4) is 0 Å². The molecule has 4 saturated carbocycles. The van der Waals surface area contributed by atoms with Crippen molar-refractivity contribution in [3.05, 3.63) is 23.7 Å². The van der Waals surface area contributed by atoms with Crippen LogP contribution in [-0.4, -0.2) is 41.4 Å². The van der Waals surface area contributed by atoms with Gasteiger partial charge < -0.3 is 24.7 Å². The standard InChI is InChI=1S/C31H47NO6/c1-18(5-10-27(35)32-17-21-6-9-26(38-21)29(36)37-4)22-7-8-23-28-24(12-14-31(22,23)3)30(2)13-11-20(33)15-19(30)16-25(28)34/h6,9,18-20,22-25,28,33-34H,5,7-8,10-17H2,1-4H3,(H,32,35)/t18-,19+,20-,22-,23+,24+,25+,28+,30+,31-/m1/s1. The molecule has 5 rings (SSSR count). The second kappa shape index (κ2) is 10.6. The number of carbonyl (C=O) groups excluding carboxylic acids is 2. The minimum Gasteiger partial charge on any atom is -0.463 e. The predicted octanol–water partition coefficient (Wildman–Crippen LogP) is 5.09. The van der Waals surface area contributed by atoms with Gasteiger partial charge in [0.05, 0.1) is 25.9 Å². The maximum absolute atomic E-state index is 12.6. The molecule has 212 valence electrons. The van der Waals surface area contributed by atoms with Gasteiger partial charge in [-0.25, -0.2) is 4.79 Å². The van der Waals surface area contributed by atoms with Gasteiger partial charge in [-0.1, -0.05) is 20.8 Å². The molecule has 1 heterocycles. The Labute approximate surface area is 227 Å². The van der Waals surface area contributed by atoms with Gasteiger partial charge in [0.25, 0.3) is 0 Å². The average Bonchev–Trinajstić information content (AvgIpc) is 3.51. The summed E-state index contributed by atoms with van der Waals surface area (Å²) in [7, 11) is 1.31. The fourth-order valence-electron chi connectivity index (χ4n) is 9.69. The highest BCUT2D eigenvalue weighted by molar-refractivity contribution is 5.86. The van der Waals surface area contributed by atoms with E-state index in [1.165, 1.54) is 32.8 Å². The Kier molecular flexibility index (Phi) is 7.73. The highest BCUT2D eigenvalue weighted by atomic mass is 16.5. The van der Waals surface area contributed by atoms with E-state index in [1.807, 2.05) is 0 Å². The van der Waals surface area contributed by atoms with E-state index in [-0.39, 0.29) is 41.3 Å². The number of aliphatic hydroxyl groups is 2. The molecular weight excluding hydrogens is 482 g/mol. The Morgan fingerprint density at radius 1 is 1.08 bits per heavy atom. The Balaban J connectivity index is 1.17. The van der Waals surface area contributed by atoms with Crippen LogP contribution in [-0.2, 0) is 16.1 Å². The van der Waals surface area contributed by atoms with Gasteiger partial charge >= 0.3 is 5.97 Å². The summed E-state index contributed by atoms with van der Waals surface area (Å²) in [4.78, 5) is 24.2. The van der Waals surface area contributed by atoms with Crippen LogP contribution in [0, 0.1) is 46.3 Å². The summed E-state index contributed by atoms with van der Waals surface area (Å²) in [5.74, 6) is 3.06. The summed E-state index contributed by atoms with van der Waals surface area (Å²) in [6, 6.07) is 3.24. The number of aliphatic hydroxyl groups excluding tert-OH is 2. The summed E-state index contributed by atoms with van der Waals surface area (Å²) in [6.45, 7) is 7.50. The Morgan fingerprint density at radius 3 is 2.58 bits per heavy atom. The van der Waals surface area contributed by atoms with Gasteiger partial charge in [0.15, 0.2) is 0 Å². The van der Waals surface area contributed by atoms with Crippen LogP contribution in [0.1, 0.15) is 101 Å². The molecule has 4 aliphatic carbocycles. The average molecular weight is 530 g/mol. The Morgan fingerprint density at radius 2 is 1.82 bits per heavy atom. The number of hydrogen-bond donors (Lipinski definition) is 3. The van der Waals surface area contributed by atoms with Crippen LogP contribution in [0.3, 0.4) is 0 Å². The van der Waals surface area contributed by atoms with Gasteiger partial charge in [-0.05, 0) is 116 Å². The smallest absolute Gasteiger partial charge is 0.373 e. The zero-order chi connectivity index (χ0) is 27.2. The van der Waals surface area contributed by atoms with Gasteiger partial charge in [-0.2, -0.15) is 0 Å². The number of carbonyl (C=O) groups is 2. The molecule has 7 nitrogen and oxygen atoms in total. The van der Waals surface area contributed by atoms with Crippen molar-refractivity contribution in [1.82, 2.24) is 5.32 Å². The van der Waals surface area contributed by atoms with Crippen molar-refractivity contribution in [2.75, 3.05) is 7.11 Å². The molecule has 3 N–H and O–H groups in total. The molecule has 0 aromatic carbocycles. The molecular formula is C31H47NO6. The van der Waals surface area contributed by atoms with E-state index < -0.39 is 5.97 Å². The molecule has 10 atom stereocenters. The molecule has 0 unspecified atom stereocenters. The molecule has 0 aliphatic heterocycles. The third-order valence-corrected chi connectivity index (χ3v) is 11.8. The number of furan rings is 1. The summed E-state index contributed by atoms with van der Waals surface area (Å²) < 4.78 is 10.1. The van der Waals surface area contributed by atoms with Gasteiger partial charge in [-0.15, -0.1) is 0 Å². The summed E-state index contributed by atoms with van der Waals surface area (Å²) in [5, 5.41) is 24.7. The van der Waals surface area contributed by atoms with E-state index in [1.54, 1.807) is 12.1 Å². The van der Waals surface area contributed by atoms with Crippen LogP contribution in [0.5, 0.6) is 0 Å². The fourth-order valence-corrected chi connectivity index (χ4v) is 9.69. The maximum atomic E-state index is 12.6. The van der Waals surface area contributed by atoms with Crippen LogP contribution in [0.4, 0.5) is 0 Å². The SMILES string of the molecule is COC(=O)c1ccc(CNC(=O)CC[C@@H](C)[C@H]2CC[C@H]3[C@@H]4[C@@H](O)C[C@@H]5C[C@H](O)CC[C@]5(C)[C@H]4CC[C@]23C)o1. The Bertz CT molecular complexity index is 1020. The lowest BCUT2D eigenvalue weighted by Crippen LogP contribution is -2.58. The zero-order valence-corrected chi connectivity index (χ0v) is 23.6. The van der Waals surface area contributed by atoms with E-state index in [0.29, 0.717) is 47.7 Å². The van der Waals surface area contributed by atoms with Crippen molar-refractivity contribution in [1.29, 1.82) is 0 Å². The number of nitrogens with one attached hydrogen (secondary N) is 1. The molecule has 1 amide bonds. The number of rotatable bonds is 7. The van der Waals surface area contributed by atoms with Crippen molar-refractivity contribution in [3.63, 3.8) is 0 Å². The quantitative estimate of drug-likeness (QED) is 0.425. The first-order valence-corrected chi connectivity index (χ1v) is 14.9. The molecule has 4 fully saturated rings. The first kappa shape index (κ1) is 27.7. The molecule has 0 bridgehead atoms. The van der Waals surface area contributed by atoms with E-state index >= 15 is 0 Å². The lowest BCUT2D eigenvalue weighted by Gasteiger charge is -2.62. The van der Waals surface area contributed by atoms with Gasteiger partial charge in [0, 0.05) is 6.42 Å². The maximum Gasteiger partial charge on any atom is 0.373 e. The molecule has 0 saturated heterocycles. The molecule has 1 aromatic heterocycles. The van der Waals surface area contributed by atoms with Crippen molar-refractivity contribution >= 4 is 11.9 Å². The summed E-state index contributed by atoms with van der Waals surface area (Å²) >= 11 is 0. The number of hydrogen-bond acceptors (Lipinski definition) is 6. The molecule has 4 aliphatic rings. The minimum atomic E-state index is -0.527. The monoisotopic (exact) mass is 529 g/mol. The zero-order valence-electron chi connectivity index (χ0n) is 23.6. The summed E-state index contributed by atoms with van der Waals surface area (Å²) in [5.41, 5.74) is 0.464. The second-order valence-corrected chi connectivity index (χ2v) is 13.5. The third-order valence-electron chi connectivity index (χ3n) is 11.8. The number of esters is 1. The van der Waals surface area contributed by atoms with Crippen molar-refractivity contribution < 1.29 is 29.0 Å². The lowest BCUT2D eigenvalue weighted by molar-refractivity contribution is -0.174. The highest BCUT2D eigenvalue weighted by Gasteiger charge is 2.62. The predicted molar refractivity (Wildman–Crippen MR) is 143 cm³/mol. The van der Waals surface area contributed by atoms with E-state index in [4.69, 9.17) is 4.42 Å². The van der Waals surface area contributed by atoms with Gasteiger partial charge in [0.1, 0.15) is 5.76 Å². The number of fused-ring (bicyclic) bond motifs is 5. The first-order chi connectivity index (χ1) is 18.1. The Hall–Kier alpha value is -1.86. The number of methoxy groups -OCH3 is 1. The molecule has 38 heavy (non-hydrogen) atoms. The van der Waals surface area contributed by atoms with E-state index in [2.05, 4.69) is 30.8 Å². The van der Waals surface area contributed by atoms with Crippen molar-refractivity contribution in [2.45, 2.75) is 104 Å². The molecule has 0 radical (unpaired) electrons. The van der Waals surface area contributed by atoms with E-state index in [9.17, 15) is 19.8 Å². The number of ether oxygens (including phenoxy) is 1. The van der Waals surface area contributed by atoms with Gasteiger partial charge in [-0.3, -0.25) is 4.79 Å². The van der Waals surface area contributed by atoms with Crippen LogP contribution in [0.2, 0.25) is 0 Å². The normalized spacial score (nSPS) is 40.9. The fraction of sp³-hybridized carbons (Fsp3) is 0.806. The molecule has 0 spiro atoms. The largest absolute Gasteiger partial charge is 0.463 e. The lowest BCUT2D eigenvalue weighted by atomic mass is 9.43. The molecule has 1 aromatic rings. The second-order valence-electron chi connectivity index (χ2n) is 13.5. The summed E-state index contributed by atoms with van der Waals surface area (Å²) in [6.07, 6.45) is 9.31. The van der Waals surface area contributed by atoms with Crippen LogP contribution in [0.25, 0.3) is 0 Å². The first-order valence-electron chi connectivity index (χ1n) is 14.9. The minimum absolute atomic E-state index is 0.00238. The third kappa shape index (κ3) is 4.83. The van der Waals surface area contributed by atoms with Crippen LogP contribution < -0.4 is 5.32 Å². The number of amides is 1. The van der Waals surface area contributed by atoms with Gasteiger partial charge in [0.2, 0.25) is 11.7 Å². The highest BCUT2D eigenvalue weighted by Crippen LogP contribution is 2.68.